The zero-order valence-electron chi connectivity index (χ0n) is 19.6. The average molecular weight is 509 g/mol. The molecule has 0 spiro atoms. The monoisotopic (exact) mass is 508 g/mol. The van der Waals surface area contributed by atoms with Crippen LogP contribution in [0.1, 0.15) is 16.8 Å². The van der Waals surface area contributed by atoms with Gasteiger partial charge < -0.3 is 54.1 Å². The molecule has 0 aromatic carbocycles. The van der Waals surface area contributed by atoms with Crippen molar-refractivity contribution in [3.8, 4) is 0 Å². The van der Waals surface area contributed by atoms with Crippen LogP contribution in [0.25, 0.3) is 0 Å². The van der Waals surface area contributed by atoms with E-state index >= 15 is 0 Å². The fourth-order valence-corrected chi connectivity index (χ4v) is 3.17. The van der Waals surface area contributed by atoms with E-state index in [0.29, 0.717) is 26.4 Å². The van der Waals surface area contributed by atoms with Crippen molar-refractivity contribution in [3.05, 3.63) is 12.2 Å². The van der Waals surface area contributed by atoms with Crippen molar-refractivity contribution in [1.82, 2.24) is 19.7 Å². The lowest BCUT2D eigenvalue weighted by Crippen LogP contribution is -2.38. The van der Waals surface area contributed by atoms with Gasteiger partial charge in [-0.15, -0.1) is 5.10 Å². The van der Waals surface area contributed by atoms with Crippen LogP contribution in [-0.2, 0) is 23.7 Å². The summed E-state index contributed by atoms with van der Waals surface area (Å²) in [5.74, 6) is -0.656. The van der Waals surface area contributed by atoms with Crippen LogP contribution in [0, 0.1) is 0 Å². The second kappa shape index (κ2) is 16.8. The molecule has 0 radical (unpaired) electrons. The molecule has 1 amide bonds. The Labute approximate surface area is 202 Å². The van der Waals surface area contributed by atoms with E-state index in [0.717, 1.165) is 4.68 Å². The summed E-state index contributed by atoms with van der Waals surface area (Å²) in [6, 6.07) is 0. The fraction of sp³-hybridized carbons (Fsp3) is 0.850. The first-order valence-corrected chi connectivity index (χ1v) is 11.4. The van der Waals surface area contributed by atoms with Crippen LogP contribution in [0.5, 0.6) is 0 Å². The highest BCUT2D eigenvalue weighted by Crippen LogP contribution is 2.28. The number of ether oxygens (including phenoxy) is 5. The molecular formula is C20H36N4O11. The van der Waals surface area contributed by atoms with Gasteiger partial charge in [-0.05, 0) is 0 Å². The lowest BCUT2D eigenvalue weighted by Gasteiger charge is -2.21. The largest absolute Gasteiger partial charge is 0.394 e. The molecule has 2 rings (SSSR count). The van der Waals surface area contributed by atoms with Crippen molar-refractivity contribution in [1.29, 1.82) is 0 Å². The topological polar surface area (TPSA) is 198 Å². The highest BCUT2D eigenvalue weighted by atomic mass is 16.6. The molecule has 202 valence electrons. The minimum Gasteiger partial charge on any atom is -0.394 e. The quantitative estimate of drug-likeness (QED) is 0.115. The number of amides is 1. The molecule has 1 saturated heterocycles. The number of carbonyl (C=O) groups is 1. The summed E-state index contributed by atoms with van der Waals surface area (Å²) in [6.45, 7) is 1.85. The minimum absolute atomic E-state index is 0.0739. The normalized spacial score (nSPS) is 22.1. The van der Waals surface area contributed by atoms with Crippen molar-refractivity contribution in [3.63, 3.8) is 0 Å². The number of aromatic nitrogens is 3. The van der Waals surface area contributed by atoms with Gasteiger partial charge in [0.1, 0.15) is 24.6 Å². The molecule has 1 aliphatic rings. The van der Waals surface area contributed by atoms with E-state index in [1.54, 1.807) is 0 Å². The standard InChI is InChI=1S/C20H36N4O11/c25-3-7-33-11-9-31-5-1-23(2-6-32-10-12-34-8-4-26)19(30)18-21-14-24(22-18)20-17(29)16(28)15(13-27)35-20/h14-17,20,25-29H,1-13H2/t15-,16-,17-,20-/m1/s1. The lowest BCUT2D eigenvalue weighted by molar-refractivity contribution is -0.0589. The van der Waals surface area contributed by atoms with Gasteiger partial charge in [-0.2, -0.15) is 0 Å². The molecule has 4 atom stereocenters. The number of rotatable bonds is 19. The van der Waals surface area contributed by atoms with Crippen LogP contribution in [-0.4, -0.2) is 155 Å². The number of nitrogens with zero attached hydrogens (tertiary/aromatic N) is 4. The van der Waals surface area contributed by atoms with Crippen molar-refractivity contribution in [2.75, 3.05) is 85.8 Å². The zero-order valence-corrected chi connectivity index (χ0v) is 19.6. The van der Waals surface area contributed by atoms with Crippen LogP contribution in [0.4, 0.5) is 0 Å². The Balaban J connectivity index is 1.91. The summed E-state index contributed by atoms with van der Waals surface area (Å²) in [6.07, 6.45) is -3.53. The Hall–Kier alpha value is -1.79. The Morgan fingerprint density at radius 2 is 1.43 bits per heavy atom. The van der Waals surface area contributed by atoms with Crippen molar-refractivity contribution >= 4 is 5.91 Å². The third-order valence-corrected chi connectivity index (χ3v) is 4.99. The van der Waals surface area contributed by atoms with Crippen LogP contribution in [0.2, 0.25) is 0 Å². The molecule has 0 saturated carbocycles. The van der Waals surface area contributed by atoms with Gasteiger partial charge >= 0.3 is 0 Å². The average Bonchev–Trinajstić information content (AvgIpc) is 3.46. The summed E-state index contributed by atoms with van der Waals surface area (Å²) >= 11 is 0. The Bertz CT molecular complexity index is 692. The molecular weight excluding hydrogens is 472 g/mol. The van der Waals surface area contributed by atoms with E-state index in [4.69, 9.17) is 33.9 Å². The van der Waals surface area contributed by atoms with E-state index in [-0.39, 0.29) is 58.6 Å². The summed E-state index contributed by atoms with van der Waals surface area (Å²) in [5.41, 5.74) is 0. The van der Waals surface area contributed by atoms with Gasteiger partial charge in [0.2, 0.25) is 5.82 Å². The van der Waals surface area contributed by atoms with Gasteiger partial charge in [0.15, 0.2) is 6.23 Å². The summed E-state index contributed by atoms with van der Waals surface area (Å²) < 4.78 is 27.7. The van der Waals surface area contributed by atoms with Gasteiger partial charge in [0.25, 0.3) is 5.91 Å². The third-order valence-electron chi connectivity index (χ3n) is 4.99. The second-order valence-corrected chi connectivity index (χ2v) is 7.47. The smallest absolute Gasteiger partial charge is 0.293 e. The number of aliphatic hydroxyl groups excluding tert-OH is 5. The van der Waals surface area contributed by atoms with E-state index in [2.05, 4.69) is 10.1 Å². The predicted molar refractivity (Wildman–Crippen MR) is 116 cm³/mol. The van der Waals surface area contributed by atoms with Gasteiger partial charge in [0.05, 0.1) is 72.7 Å². The molecule has 1 aromatic heterocycles. The van der Waals surface area contributed by atoms with Crippen LogP contribution >= 0.6 is 0 Å². The van der Waals surface area contributed by atoms with E-state index in [9.17, 15) is 20.1 Å². The van der Waals surface area contributed by atoms with Gasteiger partial charge in [-0.1, -0.05) is 0 Å². The second-order valence-electron chi connectivity index (χ2n) is 7.47. The molecule has 35 heavy (non-hydrogen) atoms. The first kappa shape index (κ1) is 29.4. The summed E-state index contributed by atoms with van der Waals surface area (Å²) in [4.78, 5) is 18.5. The molecule has 1 aliphatic heterocycles. The van der Waals surface area contributed by atoms with Crippen molar-refractivity contribution in [2.45, 2.75) is 24.5 Å². The van der Waals surface area contributed by atoms with Crippen LogP contribution in [0.15, 0.2) is 6.33 Å². The van der Waals surface area contributed by atoms with E-state index < -0.39 is 37.1 Å². The zero-order chi connectivity index (χ0) is 25.5. The minimum atomic E-state index is -1.35. The number of carbonyl (C=O) groups excluding carboxylic acids is 1. The summed E-state index contributed by atoms with van der Waals surface area (Å²) in [5, 5.41) is 50.8. The van der Waals surface area contributed by atoms with Gasteiger partial charge in [-0.25, -0.2) is 9.67 Å². The van der Waals surface area contributed by atoms with Crippen molar-refractivity contribution in [2.24, 2.45) is 0 Å². The number of hydrogen-bond acceptors (Lipinski definition) is 13. The maximum absolute atomic E-state index is 13.0. The van der Waals surface area contributed by atoms with Crippen molar-refractivity contribution < 1.29 is 54.0 Å². The predicted octanol–water partition coefficient (Wildman–Crippen LogP) is -3.62. The Morgan fingerprint density at radius 3 is 1.91 bits per heavy atom. The Morgan fingerprint density at radius 1 is 0.886 bits per heavy atom. The Kier molecular flexibility index (Phi) is 14.1. The highest BCUT2D eigenvalue weighted by molar-refractivity contribution is 5.90. The molecule has 15 nitrogen and oxygen atoms in total. The maximum atomic E-state index is 13.0. The SMILES string of the molecule is O=C(c1ncn([C@@H]2O[C@H](CO)[C@@H](O)[C@H]2O)n1)N(CCOCCOCCO)CCOCCOCCO. The molecule has 1 aromatic rings. The van der Waals surface area contributed by atoms with Gasteiger partial charge in [-0.3, -0.25) is 4.79 Å². The number of hydrogen-bond donors (Lipinski definition) is 5. The first-order valence-electron chi connectivity index (χ1n) is 11.4. The summed E-state index contributed by atoms with van der Waals surface area (Å²) in [7, 11) is 0. The molecule has 2 heterocycles. The first-order chi connectivity index (χ1) is 17.0. The van der Waals surface area contributed by atoms with Crippen LogP contribution in [0.3, 0.4) is 0 Å². The molecule has 0 unspecified atom stereocenters. The lowest BCUT2D eigenvalue weighted by atomic mass is 10.1. The molecule has 5 N–H and O–H groups in total. The number of aliphatic hydroxyl groups is 5. The molecule has 0 aliphatic carbocycles. The van der Waals surface area contributed by atoms with E-state index in [1.165, 1.54) is 11.2 Å². The third kappa shape index (κ3) is 9.64. The van der Waals surface area contributed by atoms with Crippen LogP contribution < -0.4 is 0 Å². The molecule has 0 bridgehead atoms. The maximum Gasteiger partial charge on any atom is 0.293 e. The molecule has 1 fully saturated rings. The highest BCUT2D eigenvalue weighted by Gasteiger charge is 2.44. The molecule has 15 heteroatoms. The van der Waals surface area contributed by atoms with E-state index in [1.807, 2.05) is 0 Å². The fourth-order valence-electron chi connectivity index (χ4n) is 3.17. The van der Waals surface area contributed by atoms with Gasteiger partial charge in [0, 0.05) is 13.1 Å².